The van der Waals surface area contributed by atoms with Crippen molar-refractivity contribution in [2.45, 2.75) is 40.5 Å². The van der Waals surface area contributed by atoms with Gasteiger partial charge in [0.15, 0.2) is 5.78 Å². The number of carbonyl (C=O) groups is 1. The van der Waals surface area contributed by atoms with Crippen molar-refractivity contribution < 1.29 is 4.79 Å². The summed E-state index contributed by atoms with van der Waals surface area (Å²) in [6.45, 7) is 10.6. The largest absolute Gasteiger partial charge is 0.289 e. The first kappa shape index (κ1) is 18.1. The molecule has 26 heavy (non-hydrogen) atoms. The molecule has 2 aromatic rings. The molecule has 0 radical (unpaired) electrons. The van der Waals surface area contributed by atoms with Gasteiger partial charge in [-0.2, -0.15) is 0 Å². The molecule has 0 N–H and O–H groups in total. The summed E-state index contributed by atoms with van der Waals surface area (Å²) in [5.74, 6) is 0.470. The Hall–Kier alpha value is -2.67. The van der Waals surface area contributed by atoms with Crippen LogP contribution >= 0.6 is 0 Å². The summed E-state index contributed by atoms with van der Waals surface area (Å²) in [6, 6.07) is 20.1. The van der Waals surface area contributed by atoms with E-state index in [1.807, 2.05) is 36.4 Å². The SMILES string of the molecule is Cc1cc(C(=O)c2ccccc2)c(C(C)C)c(C)c1C.c1cc2ccc1-2. The lowest BCUT2D eigenvalue weighted by molar-refractivity contribution is 0.103. The Bertz CT molecular complexity index is 911. The van der Waals surface area contributed by atoms with Gasteiger partial charge >= 0.3 is 0 Å². The zero-order valence-electron chi connectivity index (χ0n) is 16.3. The van der Waals surface area contributed by atoms with E-state index in [-0.39, 0.29) is 5.78 Å². The predicted octanol–water partition coefficient (Wildman–Crippen LogP) is 6.63. The molecule has 0 bridgehead atoms. The minimum absolute atomic E-state index is 0.125. The molecule has 1 heteroatoms. The third-order valence-electron chi connectivity index (χ3n) is 5.29. The van der Waals surface area contributed by atoms with E-state index in [4.69, 9.17) is 0 Å². The van der Waals surface area contributed by atoms with Crippen molar-refractivity contribution in [3.63, 3.8) is 0 Å². The molecule has 0 saturated carbocycles. The van der Waals surface area contributed by atoms with Crippen molar-refractivity contribution in [1.29, 1.82) is 0 Å². The number of benzene rings is 3. The van der Waals surface area contributed by atoms with Crippen LogP contribution in [0.3, 0.4) is 0 Å². The van der Waals surface area contributed by atoms with Gasteiger partial charge in [-0.1, -0.05) is 68.4 Å². The van der Waals surface area contributed by atoms with Crippen LogP contribution in [0.25, 0.3) is 11.1 Å². The number of rotatable bonds is 3. The van der Waals surface area contributed by atoms with Crippen molar-refractivity contribution in [2.24, 2.45) is 0 Å². The van der Waals surface area contributed by atoms with Crippen molar-refractivity contribution >= 4 is 5.78 Å². The van der Waals surface area contributed by atoms with Crippen LogP contribution in [0.2, 0.25) is 0 Å². The highest BCUT2D eigenvalue weighted by Crippen LogP contribution is 2.30. The first-order chi connectivity index (χ1) is 12.4. The number of carbonyl (C=O) groups excluding carboxylic acids is 1. The molecule has 0 heterocycles. The zero-order valence-corrected chi connectivity index (χ0v) is 16.3. The Kier molecular flexibility index (Phi) is 5.08. The summed E-state index contributed by atoms with van der Waals surface area (Å²) >= 11 is 0. The lowest BCUT2D eigenvalue weighted by Crippen LogP contribution is -2.10. The average Bonchev–Trinajstić information content (AvgIpc) is 2.62. The van der Waals surface area contributed by atoms with Crippen molar-refractivity contribution in [2.75, 3.05) is 0 Å². The van der Waals surface area contributed by atoms with Crippen LogP contribution in [-0.2, 0) is 0 Å². The summed E-state index contributed by atoms with van der Waals surface area (Å²) in [7, 11) is 0. The molecule has 2 aliphatic carbocycles. The van der Waals surface area contributed by atoms with E-state index in [1.165, 1.54) is 33.4 Å². The molecule has 4 rings (SSSR count). The Labute approximate surface area is 156 Å². The first-order valence-corrected chi connectivity index (χ1v) is 9.21. The van der Waals surface area contributed by atoms with Gasteiger partial charge in [-0.3, -0.25) is 4.79 Å². The highest BCUT2D eigenvalue weighted by molar-refractivity contribution is 6.10. The van der Waals surface area contributed by atoms with E-state index in [0.717, 1.165) is 11.1 Å². The quantitative estimate of drug-likeness (QED) is 0.382. The Balaban J connectivity index is 0.000000269. The standard InChI is InChI=1S/C19H22O.C6H4/c1-12(2)18-15(5)14(4)13(3)11-17(18)19(20)16-9-7-6-8-10-16;1-2-6-4-3-5(1)6/h6-12H,1-5H3;1-4H. The molecular formula is C25H26O. The Morgan fingerprint density at radius 2 is 1.31 bits per heavy atom. The summed E-state index contributed by atoms with van der Waals surface area (Å²) in [4.78, 5) is 12.8. The molecule has 0 saturated heterocycles. The number of aryl methyl sites for hydroxylation is 1. The normalized spacial score (nSPS) is 11.0. The molecule has 2 aliphatic rings. The maximum atomic E-state index is 12.8. The van der Waals surface area contributed by atoms with E-state index in [0.29, 0.717) is 5.92 Å². The van der Waals surface area contributed by atoms with Gasteiger partial charge in [-0.15, -0.1) is 0 Å². The van der Waals surface area contributed by atoms with Gasteiger partial charge in [0.05, 0.1) is 0 Å². The van der Waals surface area contributed by atoms with E-state index < -0.39 is 0 Å². The molecule has 0 aromatic heterocycles. The fraction of sp³-hybridized carbons (Fsp3) is 0.240. The van der Waals surface area contributed by atoms with Gasteiger partial charge in [0, 0.05) is 11.1 Å². The molecule has 2 aromatic carbocycles. The monoisotopic (exact) mass is 342 g/mol. The molecule has 0 fully saturated rings. The molecule has 0 unspecified atom stereocenters. The molecule has 0 atom stereocenters. The minimum atomic E-state index is 0.125. The van der Waals surface area contributed by atoms with Gasteiger partial charge in [0.1, 0.15) is 0 Å². The smallest absolute Gasteiger partial charge is 0.193 e. The molecule has 0 aliphatic heterocycles. The fourth-order valence-electron chi connectivity index (χ4n) is 3.44. The van der Waals surface area contributed by atoms with Crippen molar-refractivity contribution in [1.82, 2.24) is 0 Å². The average molecular weight is 342 g/mol. The minimum Gasteiger partial charge on any atom is -0.289 e. The van der Waals surface area contributed by atoms with Crippen LogP contribution in [0.4, 0.5) is 0 Å². The van der Waals surface area contributed by atoms with Gasteiger partial charge in [-0.05, 0) is 66.1 Å². The van der Waals surface area contributed by atoms with E-state index in [2.05, 4.69) is 58.9 Å². The molecular weight excluding hydrogens is 316 g/mol. The zero-order chi connectivity index (χ0) is 18.8. The van der Waals surface area contributed by atoms with Gasteiger partial charge < -0.3 is 0 Å². The van der Waals surface area contributed by atoms with Crippen molar-refractivity contribution in [3.8, 4) is 11.1 Å². The third kappa shape index (κ3) is 3.35. The van der Waals surface area contributed by atoms with E-state index in [1.54, 1.807) is 0 Å². The highest BCUT2D eigenvalue weighted by atomic mass is 16.1. The number of hydrogen-bond donors (Lipinski definition) is 0. The molecule has 1 nitrogen and oxygen atoms in total. The van der Waals surface area contributed by atoms with Crippen LogP contribution < -0.4 is 0 Å². The van der Waals surface area contributed by atoms with Crippen molar-refractivity contribution in [3.05, 3.63) is 94.0 Å². The fourth-order valence-corrected chi connectivity index (χ4v) is 3.44. The lowest BCUT2D eigenvalue weighted by Gasteiger charge is -2.19. The second-order valence-corrected chi connectivity index (χ2v) is 7.33. The highest BCUT2D eigenvalue weighted by Gasteiger charge is 2.19. The van der Waals surface area contributed by atoms with E-state index >= 15 is 0 Å². The van der Waals surface area contributed by atoms with Gasteiger partial charge in [0.25, 0.3) is 0 Å². The maximum Gasteiger partial charge on any atom is 0.193 e. The van der Waals surface area contributed by atoms with Crippen LogP contribution in [-0.4, -0.2) is 5.78 Å². The predicted molar refractivity (Wildman–Crippen MR) is 110 cm³/mol. The summed E-state index contributed by atoms with van der Waals surface area (Å²) in [6.07, 6.45) is 0. The number of ketones is 1. The van der Waals surface area contributed by atoms with E-state index in [9.17, 15) is 4.79 Å². The Morgan fingerprint density at radius 1 is 0.769 bits per heavy atom. The lowest BCUT2D eigenvalue weighted by atomic mass is 9.85. The molecule has 132 valence electrons. The second-order valence-electron chi connectivity index (χ2n) is 7.33. The summed E-state index contributed by atoms with van der Waals surface area (Å²) in [5.41, 5.74) is 9.37. The van der Waals surface area contributed by atoms with Crippen LogP contribution in [0, 0.1) is 20.8 Å². The topological polar surface area (TPSA) is 17.1 Å². The summed E-state index contributed by atoms with van der Waals surface area (Å²) in [5, 5.41) is 0. The van der Waals surface area contributed by atoms with Gasteiger partial charge in [-0.25, -0.2) is 0 Å². The molecule has 0 spiro atoms. The van der Waals surface area contributed by atoms with Crippen LogP contribution in [0.1, 0.15) is 57.9 Å². The third-order valence-corrected chi connectivity index (χ3v) is 5.29. The second kappa shape index (κ2) is 7.29. The maximum absolute atomic E-state index is 12.8. The van der Waals surface area contributed by atoms with Crippen LogP contribution in [0.15, 0.2) is 60.7 Å². The number of fused-ring (bicyclic) bond motifs is 1. The number of hydrogen-bond acceptors (Lipinski definition) is 1. The van der Waals surface area contributed by atoms with Gasteiger partial charge in [0.2, 0.25) is 0 Å². The van der Waals surface area contributed by atoms with Crippen LogP contribution in [0.5, 0.6) is 0 Å². The molecule has 0 amide bonds. The summed E-state index contributed by atoms with van der Waals surface area (Å²) < 4.78 is 0. The first-order valence-electron chi connectivity index (χ1n) is 9.21. The Morgan fingerprint density at radius 3 is 1.73 bits per heavy atom.